The van der Waals surface area contributed by atoms with Gasteiger partial charge in [0.1, 0.15) is 5.82 Å². The zero-order valence-corrected chi connectivity index (χ0v) is 15.2. The standard InChI is InChI=1S/C16H14FNO2S.Na/c1-9-2-4-10(5-3-9)16(21)13-8-12(17)6-11(15(13)18)7-14(19)20;/h2-6,8H,7,18H2,1H3,(H,19,20);. The number of carboxylic acids is 1. The number of halogens is 1. The van der Waals surface area contributed by atoms with Gasteiger partial charge in [-0.3, -0.25) is 4.79 Å². The number of anilines is 1. The molecule has 0 amide bonds. The third-order valence-electron chi connectivity index (χ3n) is 3.13. The number of rotatable bonds is 4. The molecule has 22 heavy (non-hydrogen) atoms. The number of hydrogen-bond donors (Lipinski definition) is 2. The maximum atomic E-state index is 13.7. The number of nitrogen functional groups attached to an aromatic ring is 1. The van der Waals surface area contributed by atoms with Gasteiger partial charge in [-0.25, -0.2) is 4.39 Å². The number of aliphatic carboxylic acids is 1. The van der Waals surface area contributed by atoms with E-state index in [1.807, 2.05) is 31.2 Å². The number of nitrogens with two attached hydrogens (primary N) is 1. The van der Waals surface area contributed by atoms with Crippen molar-refractivity contribution in [1.82, 2.24) is 0 Å². The molecule has 2 aromatic carbocycles. The molecule has 3 nitrogen and oxygen atoms in total. The van der Waals surface area contributed by atoms with Crippen molar-refractivity contribution in [3.8, 4) is 0 Å². The van der Waals surface area contributed by atoms with Crippen LogP contribution < -0.4 is 5.73 Å². The Morgan fingerprint density at radius 3 is 2.41 bits per heavy atom. The fraction of sp³-hybridized carbons (Fsp3) is 0.125. The van der Waals surface area contributed by atoms with Crippen molar-refractivity contribution in [1.29, 1.82) is 0 Å². The molecular weight excluding hydrogens is 312 g/mol. The molecule has 0 fully saturated rings. The summed E-state index contributed by atoms with van der Waals surface area (Å²) < 4.78 is 13.7. The summed E-state index contributed by atoms with van der Waals surface area (Å²) in [5.74, 6) is -1.62. The summed E-state index contributed by atoms with van der Waals surface area (Å²) in [7, 11) is 0. The fourth-order valence-corrected chi connectivity index (χ4v) is 2.34. The molecule has 0 aliphatic carbocycles. The van der Waals surface area contributed by atoms with Crippen molar-refractivity contribution in [3.05, 3.63) is 64.5 Å². The van der Waals surface area contributed by atoms with E-state index in [9.17, 15) is 9.18 Å². The van der Waals surface area contributed by atoms with Crippen LogP contribution in [-0.4, -0.2) is 45.5 Å². The molecule has 0 aromatic heterocycles. The molecule has 0 aliphatic heterocycles. The Balaban J connectivity index is 0.00000242. The van der Waals surface area contributed by atoms with Gasteiger partial charge in [-0.15, -0.1) is 0 Å². The minimum absolute atomic E-state index is 0. The molecule has 2 aromatic rings. The number of thiocarbonyl (C=S) groups is 1. The summed E-state index contributed by atoms with van der Waals surface area (Å²) in [6, 6.07) is 9.83. The summed E-state index contributed by atoms with van der Waals surface area (Å²) in [5, 5.41) is 8.85. The number of hydrogen-bond acceptors (Lipinski definition) is 3. The summed E-state index contributed by atoms with van der Waals surface area (Å²) in [6.45, 7) is 1.95. The van der Waals surface area contributed by atoms with Crippen LogP contribution in [0.25, 0.3) is 0 Å². The van der Waals surface area contributed by atoms with E-state index in [4.69, 9.17) is 23.1 Å². The van der Waals surface area contributed by atoms with E-state index in [2.05, 4.69) is 0 Å². The van der Waals surface area contributed by atoms with Crippen molar-refractivity contribution in [2.24, 2.45) is 0 Å². The second-order valence-corrected chi connectivity index (χ2v) is 5.20. The minimum Gasteiger partial charge on any atom is -0.481 e. The second-order valence-electron chi connectivity index (χ2n) is 4.79. The van der Waals surface area contributed by atoms with Crippen LogP contribution in [0.15, 0.2) is 36.4 Å². The van der Waals surface area contributed by atoms with Crippen LogP contribution >= 0.6 is 12.2 Å². The topological polar surface area (TPSA) is 63.3 Å². The molecule has 0 spiro atoms. The van der Waals surface area contributed by atoms with Gasteiger partial charge in [-0.1, -0.05) is 42.0 Å². The molecule has 1 radical (unpaired) electrons. The molecule has 0 bridgehead atoms. The average molecular weight is 326 g/mol. The van der Waals surface area contributed by atoms with E-state index in [0.29, 0.717) is 10.4 Å². The average Bonchev–Trinajstić information content (AvgIpc) is 2.42. The summed E-state index contributed by atoms with van der Waals surface area (Å²) in [6.07, 6.45) is -0.340. The first-order valence-corrected chi connectivity index (χ1v) is 6.70. The summed E-state index contributed by atoms with van der Waals surface area (Å²) in [4.78, 5) is 11.2. The Labute approximate surface area is 155 Å². The molecule has 0 saturated heterocycles. The van der Waals surface area contributed by atoms with E-state index in [1.54, 1.807) is 0 Å². The van der Waals surface area contributed by atoms with Gasteiger partial charge in [-0.05, 0) is 30.2 Å². The molecule has 0 aliphatic rings. The first-order valence-electron chi connectivity index (χ1n) is 6.29. The number of aryl methyl sites for hydroxylation is 1. The largest absolute Gasteiger partial charge is 0.481 e. The van der Waals surface area contributed by atoms with E-state index in [-0.39, 0.29) is 47.2 Å². The van der Waals surface area contributed by atoms with Gasteiger partial charge in [0.25, 0.3) is 0 Å². The van der Waals surface area contributed by atoms with Crippen molar-refractivity contribution >= 4 is 58.3 Å². The monoisotopic (exact) mass is 326 g/mol. The Bertz CT molecular complexity index is 717. The van der Waals surface area contributed by atoms with Crippen molar-refractivity contribution in [2.75, 3.05) is 5.73 Å². The molecule has 0 unspecified atom stereocenters. The van der Waals surface area contributed by atoms with Crippen LogP contribution in [0.2, 0.25) is 0 Å². The molecule has 3 N–H and O–H groups in total. The number of carboxylic acid groups (broad SMARTS) is 1. The Hall–Kier alpha value is -1.27. The third-order valence-corrected chi connectivity index (χ3v) is 3.59. The van der Waals surface area contributed by atoms with Crippen LogP contribution in [0, 0.1) is 12.7 Å². The zero-order chi connectivity index (χ0) is 15.6. The molecule has 0 atom stereocenters. The maximum Gasteiger partial charge on any atom is 0.307 e. The van der Waals surface area contributed by atoms with Crippen molar-refractivity contribution < 1.29 is 14.3 Å². The SMILES string of the molecule is Cc1ccc(C(=S)c2cc(F)cc(CC(=O)O)c2N)cc1.[Na]. The Morgan fingerprint density at radius 2 is 1.86 bits per heavy atom. The predicted octanol–water partition coefficient (Wildman–Crippen LogP) is 2.73. The van der Waals surface area contributed by atoms with Gasteiger partial charge in [0.05, 0.1) is 11.3 Å². The van der Waals surface area contributed by atoms with Crippen LogP contribution in [0.4, 0.5) is 10.1 Å². The van der Waals surface area contributed by atoms with Crippen molar-refractivity contribution in [3.63, 3.8) is 0 Å². The summed E-state index contributed by atoms with van der Waals surface area (Å²) in [5.41, 5.74) is 8.57. The first-order chi connectivity index (χ1) is 9.88. The summed E-state index contributed by atoms with van der Waals surface area (Å²) >= 11 is 5.36. The normalized spacial score (nSPS) is 9.91. The van der Waals surface area contributed by atoms with E-state index < -0.39 is 11.8 Å². The molecule has 0 heterocycles. The van der Waals surface area contributed by atoms with Gasteiger partial charge in [-0.2, -0.15) is 0 Å². The van der Waals surface area contributed by atoms with Crippen LogP contribution in [-0.2, 0) is 11.2 Å². The Morgan fingerprint density at radius 1 is 1.27 bits per heavy atom. The molecule has 6 heteroatoms. The Kier molecular flexibility index (Phi) is 6.68. The smallest absolute Gasteiger partial charge is 0.307 e. The van der Waals surface area contributed by atoms with E-state index in [0.717, 1.165) is 17.2 Å². The van der Waals surface area contributed by atoms with Crippen LogP contribution in [0.5, 0.6) is 0 Å². The van der Waals surface area contributed by atoms with Gasteiger partial charge < -0.3 is 10.8 Å². The van der Waals surface area contributed by atoms with Gasteiger partial charge in [0, 0.05) is 40.8 Å². The third kappa shape index (κ3) is 4.36. The van der Waals surface area contributed by atoms with Crippen molar-refractivity contribution in [2.45, 2.75) is 13.3 Å². The molecular formula is C16H14FNNaO2S. The van der Waals surface area contributed by atoms with Gasteiger partial charge in [0.2, 0.25) is 0 Å². The molecule has 0 saturated carbocycles. The van der Waals surface area contributed by atoms with E-state index in [1.165, 1.54) is 6.07 Å². The van der Waals surface area contributed by atoms with Gasteiger partial charge >= 0.3 is 5.97 Å². The number of carbonyl (C=O) groups is 1. The number of benzene rings is 2. The fourth-order valence-electron chi connectivity index (χ4n) is 2.03. The second kappa shape index (κ2) is 7.83. The predicted molar refractivity (Wildman–Crippen MR) is 89.9 cm³/mol. The van der Waals surface area contributed by atoms with Crippen LogP contribution in [0.1, 0.15) is 22.3 Å². The van der Waals surface area contributed by atoms with Gasteiger partial charge in [0.15, 0.2) is 0 Å². The quantitative estimate of drug-likeness (QED) is 0.392. The first kappa shape index (κ1) is 18.8. The van der Waals surface area contributed by atoms with E-state index >= 15 is 0 Å². The maximum absolute atomic E-state index is 13.7. The minimum atomic E-state index is -1.07. The zero-order valence-electron chi connectivity index (χ0n) is 12.4. The molecule has 2 rings (SSSR count). The molecule has 109 valence electrons. The van der Waals surface area contributed by atoms with Crippen LogP contribution in [0.3, 0.4) is 0 Å².